The quantitative estimate of drug-likeness (QED) is 0.285. The average molecular weight is 529 g/mol. The largest absolute Gasteiger partial charge is 0.631 e. The second-order valence-corrected chi connectivity index (χ2v) is 15.4. The van der Waals surface area contributed by atoms with E-state index >= 15 is 0 Å². The molecule has 2 fully saturated rings. The molecule has 2 heterocycles. The average Bonchev–Trinajstić information content (AvgIpc) is 2.99. The van der Waals surface area contributed by atoms with Gasteiger partial charge in [0.1, 0.15) is 35.2 Å². The third kappa shape index (κ3) is 6.71. The van der Waals surface area contributed by atoms with Crippen molar-refractivity contribution in [1.29, 1.82) is 0 Å². The second-order valence-electron chi connectivity index (χ2n) is 11.4. The lowest BCUT2D eigenvalue weighted by atomic mass is 9.90. The lowest BCUT2D eigenvalue weighted by Crippen LogP contribution is -2.41. The van der Waals surface area contributed by atoms with Crippen LogP contribution in [0.1, 0.15) is 80.2 Å². The summed E-state index contributed by atoms with van der Waals surface area (Å²) >= 11 is 0. The number of benzene rings is 1. The maximum atomic E-state index is 13.8. The van der Waals surface area contributed by atoms with Crippen LogP contribution in [0.25, 0.3) is 6.08 Å². The molecule has 0 aliphatic carbocycles. The molecule has 2 aliphatic heterocycles. The summed E-state index contributed by atoms with van der Waals surface area (Å²) in [7, 11) is -6.62. The van der Waals surface area contributed by atoms with E-state index in [2.05, 4.69) is 0 Å². The van der Waals surface area contributed by atoms with Gasteiger partial charge in [0.25, 0.3) is 7.94 Å². The Morgan fingerprint density at radius 1 is 0.771 bits per heavy atom. The third-order valence-corrected chi connectivity index (χ3v) is 12.0. The molecule has 2 saturated heterocycles. The minimum Gasteiger partial charge on any atom is -0.631 e. The van der Waals surface area contributed by atoms with Gasteiger partial charge in [-0.1, -0.05) is 30.3 Å². The van der Waals surface area contributed by atoms with Crippen molar-refractivity contribution >= 4 is 22.0 Å². The van der Waals surface area contributed by atoms with Gasteiger partial charge in [0.05, 0.1) is 0 Å². The van der Waals surface area contributed by atoms with Gasteiger partial charge in [-0.2, -0.15) is 9.05 Å². The summed E-state index contributed by atoms with van der Waals surface area (Å²) in [5.41, 5.74) is -1.68. The van der Waals surface area contributed by atoms with Crippen LogP contribution in [0.15, 0.2) is 35.6 Å². The molecule has 0 N–H and O–H groups in total. The Morgan fingerprint density at radius 2 is 1.29 bits per heavy atom. The second kappa shape index (κ2) is 10.4. The topological polar surface area (TPSA) is 92.3 Å². The van der Waals surface area contributed by atoms with Crippen molar-refractivity contribution in [3.05, 3.63) is 41.2 Å². The molecule has 9 heteroatoms. The summed E-state index contributed by atoms with van der Waals surface area (Å²) in [6.07, 6.45) is 4.53. The van der Waals surface area contributed by atoms with Crippen molar-refractivity contribution in [2.45, 2.75) is 97.1 Å². The number of hydrogen-bond donors (Lipinski definition) is 0. The van der Waals surface area contributed by atoms with E-state index in [4.69, 9.17) is 22.8 Å². The van der Waals surface area contributed by atoms with E-state index in [1.165, 1.54) is 0 Å². The smallest absolute Gasteiger partial charge is 0.271 e. The molecule has 0 unspecified atom stereocenters. The van der Waals surface area contributed by atoms with Crippen LogP contribution in [0, 0.1) is 0 Å². The first-order valence-electron chi connectivity index (χ1n) is 12.4. The van der Waals surface area contributed by atoms with Crippen LogP contribution in [0.2, 0.25) is 0 Å². The van der Waals surface area contributed by atoms with Crippen LogP contribution in [-0.4, -0.2) is 41.8 Å². The minimum atomic E-state index is -3.53. The van der Waals surface area contributed by atoms with E-state index in [0.717, 1.165) is 18.4 Å². The first-order valence-corrected chi connectivity index (χ1v) is 15.6. The molecule has 7 nitrogen and oxygen atoms in total. The van der Waals surface area contributed by atoms with Gasteiger partial charge in [-0.05, 0) is 86.3 Å². The van der Waals surface area contributed by atoms with E-state index < -0.39 is 38.3 Å². The molecular weight excluding hydrogens is 486 g/mol. The first kappa shape index (κ1) is 29.1. The lowest BCUT2D eigenvalue weighted by molar-refractivity contribution is -0.212. The Hall–Kier alpha value is -0.460. The Bertz CT molecular complexity index is 864. The molecule has 0 saturated carbocycles. The third-order valence-electron chi connectivity index (χ3n) is 7.29. The van der Waals surface area contributed by atoms with E-state index in [0.29, 0.717) is 24.5 Å². The van der Waals surface area contributed by atoms with Gasteiger partial charge >= 0.3 is 0 Å². The fraction of sp³-hybridized carbons (Fsp3) is 0.692. The molecular formula is C26H42O7P2. The van der Waals surface area contributed by atoms with E-state index in [1.807, 2.05) is 91.8 Å². The summed E-state index contributed by atoms with van der Waals surface area (Å²) in [4.78, 5) is 26.7. The zero-order valence-corrected chi connectivity index (χ0v) is 24.2. The predicted octanol–water partition coefficient (Wildman–Crippen LogP) is 5.67. The Labute approximate surface area is 212 Å². The van der Waals surface area contributed by atoms with Gasteiger partial charge in [0.2, 0.25) is 7.94 Å². The van der Waals surface area contributed by atoms with E-state index in [1.54, 1.807) is 0 Å². The highest BCUT2D eigenvalue weighted by atomic mass is 31.2. The molecule has 1 aromatic rings. The summed E-state index contributed by atoms with van der Waals surface area (Å²) in [5, 5.41) is 0.504. The number of rotatable bonds is 10. The number of unbranched alkanes of at least 4 members (excludes halogenated alkanes) is 2. The SMILES string of the molecule is CC1(C)O[P+]([O-])(CCCCCOC/C(=C\c2ccccc2)[P+]2([O-])OC(C)(C)C(C)(C)O2)OC1(C)C. The maximum Gasteiger partial charge on any atom is 0.271 e. The van der Waals surface area contributed by atoms with Gasteiger partial charge in [-0.3, -0.25) is 0 Å². The molecule has 0 atom stereocenters. The molecule has 1 aromatic carbocycles. The van der Waals surface area contributed by atoms with Gasteiger partial charge in [0, 0.05) is 6.61 Å². The van der Waals surface area contributed by atoms with Gasteiger partial charge in [-0.25, -0.2) is 9.05 Å². The van der Waals surface area contributed by atoms with Crippen LogP contribution < -0.4 is 9.79 Å². The van der Waals surface area contributed by atoms with Crippen LogP contribution in [0.4, 0.5) is 0 Å². The standard InChI is InChI=1S/C26H42O7P2/c1-23(2)24(3,4)31-34(27,30-23)18-14-10-13-17-29-20-22(19-21-15-11-9-12-16-21)35(28)32-25(5,6)26(7,8)33-35/h9,11-12,15-16,19H,10,13-14,17-18,20H2,1-8H3/b22-19+. The Morgan fingerprint density at radius 3 is 1.83 bits per heavy atom. The van der Waals surface area contributed by atoms with Gasteiger partial charge in [0.15, 0.2) is 5.31 Å². The molecule has 3 rings (SSSR count). The zero-order valence-electron chi connectivity index (χ0n) is 22.5. The van der Waals surface area contributed by atoms with Crippen molar-refractivity contribution in [2.75, 3.05) is 19.4 Å². The molecule has 198 valence electrons. The van der Waals surface area contributed by atoms with Crippen molar-refractivity contribution in [3.63, 3.8) is 0 Å². The lowest BCUT2D eigenvalue weighted by Gasteiger charge is -2.25. The van der Waals surface area contributed by atoms with Crippen molar-refractivity contribution in [2.24, 2.45) is 0 Å². The molecule has 2 aliphatic rings. The first-order chi connectivity index (χ1) is 16.0. The van der Waals surface area contributed by atoms with Crippen LogP contribution in [0.5, 0.6) is 0 Å². The fourth-order valence-electron chi connectivity index (χ4n) is 3.79. The van der Waals surface area contributed by atoms with Gasteiger partial charge in [-0.15, -0.1) is 0 Å². The normalized spacial score (nSPS) is 25.6. The summed E-state index contributed by atoms with van der Waals surface area (Å²) in [6.45, 7) is 15.8. The predicted molar refractivity (Wildman–Crippen MR) is 138 cm³/mol. The summed E-state index contributed by atoms with van der Waals surface area (Å²) < 4.78 is 29.5. The van der Waals surface area contributed by atoms with Crippen molar-refractivity contribution in [1.82, 2.24) is 0 Å². The Balaban J connectivity index is 1.53. The molecule has 35 heavy (non-hydrogen) atoms. The maximum absolute atomic E-state index is 13.8. The van der Waals surface area contributed by atoms with E-state index in [9.17, 15) is 9.79 Å². The summed E-state index contributed by atoms with van der Waals surface area (Å²) in [6, 6.07) is 9.67. The summed E-state index contributed by atoms with van der Waals surface area (Å²) in [5.74, 6) is 0. The van der Waals surface area contributed by atoms with E-state index in [-0.39, 0.29) is 6.61 Å². The zero-order chi connectivity index (χ0) is 26.2. The fourth-order valence-corrected chi connectivity index (χ4v) is 8.92. The van der Waals surface area contributed by atoms with Crippen molar-refractivity contribution in [3.8, 4) is 0 Å². The molecule has 0 aromatic heterocycles. The highest BCUT2D eigenvalue weighted by Gasteiger charge is 2.62. The highest BCUT2D eigenvalue weighted by molar-refractivity contribution is 7.64. The minimum absolute atomic E-state index is 0.144. The van der Waals surface area contributed by atoms with Gasteiger partial charge < -0.3 is 14.5 Å². The Kier molecular flexibility index (Phi) is 8.62. The number of ether oxygens (including phenoxy) is 1. The molecule has 0 radical (unpaired) electrons. The van der Waals surface area contributed by atoms with Crippen LogP contribution >= 0.6 is 15.9 Å². The van der Waals surface area contributed by atoms with Crippen molar-refractivity contribution < 1.29 is 32.6 Å². The molecule has 0 spiro atoms. The van der Waals surface area contributed by atoms with Crippen LogP contribution in [0.3, 0.4) is 0 Å². The molecule has 0 bridgehead atoms. The highest BCUT2D eigenvalue weighted by Crippen LogP contribution is 2.72. The molecule has 0 amide bonds. The number of hydrogen-bond acceptors (Lipinski definition) is 7. The monoisotopic (exact) mass is 528 g/mol. The van der Waals surface area contributed by atoms with Crippen LogP contribution in [-0.2, 0) is 22.8 Å².